The fourth-order valence-corrected chi connectivity index (χ4v) is 1.31. The molecule has 0 unspecified atom stereocenters. The summed E-state index contributed by atoms with van der Waals surface area (Å²) in [5.74, 6) is 0.169. The number of rotatable bonds is 3. The summed E-state index contributed by atoms with van der Waals surface area (Å²) in [6, 6.07) is 4.51. The molecule has 2 heteroatoms. The van der Waals surface area contributed by atoms with Crippen LogP contribution in [0.5, 0.6) is 0 Å². The van der Waals surface area contributed by atoms with E-state index in [2.05, 4.69) is 0 Å². The molecule has 0 heterocycles. The molecule has 0 atom stereocenters. The molecule has 1 nitrogen and oxygen atoms in total. The molecule has 0 amide bonds. The van der Waals surface area contributed by atoms with E-state index in [0.29, 0.717) is 23.5 Å². The Morgan fingerprint density at radius 3 is 2.57 bits per heavy atom. The zero-order valence-electron chi connectivity index (χ0n) is 8.80. The summed E-state index contributed by atoms with van der Waals surface area (Å²) in [4.78, 5) is 11.6. The van der Waals surface area contributed by atoms with Crippen molar-refractivity contribution in [1.29, 1.82) is 0 Å². The molecule has 0 spiro atoms. The lowest BCUT2D eigenvalue weighted by Crippen LogP contribution is -2.04. The molecular formula is C12H15FO. The maximum atomic E-state index is 12.9. The molecule has 1 rings (SSSR count). The van der Waals surface area contributed by atoms with Gasteiger partial charge in [-0.3, -0.25) is 4.79 Å². The van der Waals surface area contributed by atoms with E-state index in [1.54, 1.807) is 19.1 Å². The van der Waals surface area contributed by atoms with E-state index in [1.165, 1.54) is 6.07 Å². The minimum Gasteiger partial charge on any atom is -0.294 e. The molecule has 0 aliphatic rings. The normalized spacial score (nSPS) is 10.6. The predicted octanol–water partition coefficient (Wildman–Crippen LogP) is 3.36. The second-order valence-corrected chi connectivity index (χ2v) is 3.99. The van der Waals surface area contributed by atoms with Crippen LogP contribution in [0.1, 0.15) is 36.2 Å². The van der Waals surface area contributed by atoms with Crippen molar-refractivity contribution in [3.63, 3.8) is 0 Å². The highest BCUT2D eigenvalue weighted by Crippen LogP contribution is 2.13. The molecule has 76 valence electrons. The molecule has 1 aromatic rings. The van der Waals surface area contributed by atoms with Crippen LogP contribution in [0, 0.1) is 18.7 Å². The number of carbonyl (C=O) groups is 1. The van der Waals surface area contributed by atoms with Crippen molar-refractivity contribution in [2.75, 3.05) is 0 Å². The van der Waals surface area contributed by atoms with E-state index in [1.807, 2.05) is 13.8 Å². The van der Waals surface area contributed by atoms with Gasteiger partial charge in [0.1, 0.15) is 5.82 Å². The number of Topliss-reactive ketones (excluding diaryl/α,β-unsaturated/α-hetero) is 1. The van der Waals surface area contributed by atoms with Gasteiger partial charge < -0.3 is 0 Å². The lowest BCUT2D eigenvalue weighted by atomic mass is 10.00. The standard InChI is InChI=1S/C12H15FO/c1-8(2)6-12(14)10-4-5-11(13)9(3)7-10/h4-5,7-8H,6H2,1-3H3. The van der Waals surface area contributed by atoms with Gasteiger partial charge in [0.2, 0.25) is 0 Å². The van der Waals surface area contributed by atoms with Gasteiger partial charge in [0.05, 0.1) is 0 Å². The summed E-state index contributed by atoms with van der Waals surface area (Å²) < 4.78 is 12.9. The molecule has 0 fully saturated rings. The van der Waals surface area contributed by atoms with Crippen LogP contribution in [0.25, 0.3) is 0 Å². The molecule has 0 radical (unpaired) electrons. The summed E-state index contributed by atoms with van der Waals surface area (Å²) >= 11 is 0. The van der Waals surface area contributed by atoms with Gasteiger partial charge in [-0.15, -0.1) is 0 Å². The Hall–Kier alpha value is -1.18. The zero-order valence-corrected chi connectivity index (χ0v) is 8.80. The summed E-state index contributed by atoms with van der Waals surface area (Å²) in [6.45, 7) is 5.66. The number of halogens is 1. The van der Waals surface area contributed by atoms with Crippen molar-refractivity contribution in [2.45, 2.75) is 27.2 Å². The van der Waals surface area contributed by atoms with E-state index < -0.39 is 0 Å². The molecule has 0 aromatic heterocycles. The summed E-state index contributed by atoms with van der Waals surface area (Å²) in [5, 5.41) is 0. The maximum Gasteiger partial charge on any atom is 0.163 e. The molecule has 0 saturated carbocycles. The third kappa shape index (κ3) is 2.66. The number of hydrogen-bond donors (Lipinski definition) is 0. The highest BCUT2D eigenvalue weighted by Gasteiger charge is 2.09. The van der Waals surface area contributed by atoms with Crippen molar-refractivity contribution in [3.8, 4) is 0 Å². The van der Waals surface area contributed by atoms with Crippen molar-refractivity contribution in [2.24, 2.45) is 5.92 Å². The minimum atomic E-state index is -0.258. The molecule has 0 bridgehead atoms. The fraction of sp³-hybridized carbons (Fsp3) is 0.417. The Labute approximate surface area is 83.9 Å². The summed E-state index contributed by atoms with van der Waals surface area (Å²) in [7, 11) is 0. The smallest absolute Gasteiger partial charge is 0.163 e. The Kier molecular flexibility index (Phi) is 3.39. The average Bonchev–Trinajstić information content (AvgIpc) is 2.08. The van der Waals surface area contributed by atoms with E-state index in [0.717, 1.165) is 0 Å². The molecule has 14 heavy (non-hydrogen) atoms. The first-order chi connectivity index (χ1) is 6.50. The van der Waals surface area contributed by atoms with Crippen LogP contribution in [-0.2, 0) is 0 Å². The highest BCUT2D eigenvalue weighted by atomic mass is 19.1. The first-order valence-corrected chi connectivity index (χ1v) is 4.80. The van der Waals surface area contributed by atoms with Crippen LogP contribution in [0.4, 0.5) is 4.39 Å². The Balaban J connectivity index is 2.86. The highest BCUT2D eigenvalue weighted by molar-refractivity contribution is 5.96. The van der Waals surface area contributed by atoms with E-state index in [-0.39, 0.29) is 11.6 Å². The van der Waals surface area contributed by atoms with E-state index in [9.17, 15) is 9.18 Å². The summed E-state index contributed by atoms with van der Waals surface area (Å²) in [6.07, 6.45) is 0.519. The lowest BCUT2D eigenvalue weighted by Gasteiger charge is -2.05. The van der Waals surface area contributed by atoms with Gasteiger partial charge in [-0.25, -0.2) is 4.39 Å². The van der Waals surface area contributed by atoms with Crippen LogP contribution in [-0.4, -0.2) is 5.78 Å². The monoisotopic (exact) mass is 194 g/mol. The molecule has 0 saturated heterocycles. The third-order valence-corrected chi connectivity index (χ3v) is 2.07. The first-order valence-electron chi connectivity index (χ1n) is 4.80. The van der Waals surface area contributed by atoms with Crippen LogP contribution in [0.15, 0.2) is 18.2 Å². The Morgan fingerprint density at radius 2 is 2.07 bits per heavy atom. The quantitative estimate of drug-likeness (QED) is 0.674. The topological polar surface area (TPSA) is 17.1 Å². The minimum absolute atomic E-state index is 0.0862. The van der Waals surface area contributed by atoms with Gasteiger partial charge in [-0.05, 0) is 36.6 Å². The van der Waals surface area contributed by atoms with Crippen molar-refractivity contribution in [3.05, 3.63) is 35.1 Å². The average molecular weight is 194 g/mol. The number of hydrogen-bond acceptors (Lipinski definition) is 1. The van der Waals surface area contributed by atoms with Gasteiger partial charge in [0, 0.05) is 12.0 Å². The van der Waals surface area contributed by atoms with Gasteiger partial charge in [0.25, 0.3) is 0 Å². The van der Waals surface area contributed by atoms with Crippen LogP contribution >= 0.6 is 0 Å². The molecule has 0 aliphatic carbocycles. The van der Waals surface area contributed by atoms with Crippen LogP contribution < -0.4 is 0 Å². The van der Waals surface area contributed by atoms with Gasteiger partial charge in [-0.1, -0.05) is 13.8 Å². The van der Waals surface area contributed by atoms with Crippen LogP contribution in [0.2, 0.25) is 0 Å². The Bertz CT molecular complexity index is 342. The first kappa shape index (κ1) is 10.9. The van der Waals surface area contributed by atoms with Gasteiger partial charge in [0.15, 0.2) is 5.78 Å². The largest absolute Gasteiger partial charge is 0.294 e. The van der Waals surface area contributed by atoms with Crippen molar-refractivity contribution in [1.82, 2.24) is 0 Å². The molecule has 0 aliphatic heterocycles. The lowest BCUT2D eigenvalue weighted by molar-refractivity contribution is 0.0967. The SMILES string of the molecule is Cc1cc(C(=O)CC(C)C)ccc1F. The number of ketones is 1. The molecule has 0 N–H and O–H groups in total. The number of benzene rings is 1. The zero-order chi connectivity index (χ0) is 10.7. The second kappa shape index (κ2) is 4.36. The third-order valence-electron chi connectivity index (χ3n) is 2.07. The van der Waals surface area contributed by atoms with E-state index in [4.69, 9.17) is 0 Å². The maximum absolute atomic E-state index is 12.9. The second-order valence-electron chi connectivity index (χ2n) is 3.99. The number of carbonyl (C=O) groups excluding carboxylic acids is 1. The van der Waals surface area contributed by atoms with Gasteiger partial charge >= 0.3 is 0 Å². The number of aryl methyl sites for hydroxylation is 1. The van der Waals surface area contributed by atoms with Gasteiger partial charge in [-0.2, -0.15) is 0 Å². The fourth-order valence-electron chi connectivity index (χ4n) is 1.31. The molecule has 1 aromatic carbocycles. The predicted molar refractivity (Wildman–Crippen MR) is 54.9 cm³/mol. The van der Waals surface area contributed by atoms with Crippen molar-refractivity contribution < 1.29 is 9.18 Å². The Morgan fingerprint density at radius 1 is 1.43 bits per heavy atom. The van der Waals surface area contributed by atoms with E-state index >= 15 is 0 Å². The van der Waals surface area contributed by atoms with Crippen LogP contribution in [0.3, 0.4) is 0 Å². The van der Waals surface area contributed by atoms with Crippen molar-refractivity contribution >= 4 is 5.78 Å². The summed E-state index contributed by atoms with van der Waals surface area (Å²) in [5.41, 5.74) is 1.14. The molecular weight excluding hydrogens is 179 g/mol.